The molecule has 0 saturated carbocycles. The van der Waals surface area contributed by atoms with E-state index in [9.17, 15) is 5.11 Å². The molecule has 0 amide bonds. The lowest BCUT2D eigenvalue weighted by Gasteiger charge is -2.06. The zero-order chi connectivity index (χ0) is 12.1. The second-order valence-electron chi connectivity index (χ2n) is 4.48. The van der Waals surface area contributed by atoms with E-state index in [-0.39, 0.29) is 0 Å². The summed E-state index contributed by atoms with van der Waals surface area (Å²) in [6.45, 7) is 0. The lowest BCUT2D eigenvalue weighted by atomic mass is 10.1. The normalized spacial score (nSPS) is 12.4. The molecule has 0 radical (unpaired) electrons. The summed E-state index contributed by atoms with van der Waals surface area (Å²) in [7, 11) is 0. The van der Waals surface area contributed by atoms with Crippen molar-refractivity contribution in [2.24, 2.45) is 0 Å². The Hall–Kier alpha value is -2.00. The van der Waals surface area contributed by atoms with Crippen molar-refractivity contribution in [1.29, 1.82) is 0 Å². The van der Waals surface area contributed by atoms with E-state index < -0.39 is 0 Å². The predicted molar refractivity (Wildman–Crippen MR) is 73.6 cm³/mol. The summed E-state index contributed by atoms with van der Waals surface area (Å²) in [4.78, 5) is 1.38. The number of benzene rings is 1. The van der Waals surface area contributed by atoms with Crippen LogP contribution < -0.4 is 0 Å². The van der Waals surface area contributed by atoms with Crippen molar-refractivity contribution in [3.05, 3.63) is 58.5 Å². The van der Waals surface area contributed by atoms with Gasteiger partial charge < -0.3 is 9.67 Å². The molecule has 18 heavy (non-hydrogen) atoms. The summed E-state index contributed by atoms with van der Waals surface area (Å²) in [6, 6.07) is 11.8. The van der Waals surface area contributed by atoms with Crippen LogP contribution in [0.5, 0.6) is 5.75 Å². The lowest BCUT2D eigenvalue weighted by molar-refractivity contribution is 0.477. The number of para-hydroxylation sites is 1. The number of phenolic OH excluding ortho intramolecular Hbond substituents is 1. The van der Waals surface area contributed by atoms with Gasteiger partial charge >= 0.3 is 0 Å². The number of thiophene rings is 1. The Morgan fingerprint density at radius 3 is 2.83 bits per heavy atom. The van der Waals surface area contributed by atoms with Gasteiger partial charge in [0.2, 0.25) is 0 Å². The highest BCUT2D eigenvalue weighted by atomic mass is 32.1. The Kier molecular flexibility index (Phi) is 1.94. The van der Waals surface area contributed by atoms with Gasteiger partial charge in [-0.15, -0.1) is 11.3 Å². The Bertz CT molecular complexity index is 739. The maximum Gasteiger partial charge on any atom is 0.123 e. The minimum absolute atomic E-state index is 0.346. The van der Waals surface area contributed by atoms with E-state index >= 15 is 0 Å². The molecule has 0 fully saturated rings. The summed E-state index contributed by atoms with van der Waals surface area (Å²) in [5, 5.41) is 12.1. The smallest absolute Gasteiger partial charge is 0.123 e. The first-order valence-electron chi connectivity index (χ1n) is 5.90. The molecule has 1 aromatic carbocycles. The van der Waals surface area contributed by atoms with Gasteiger partial charge in [0, 0.05) is 39.7 Å². The molecule has 4 rings (SSSR count). The van der Waals surface area contributed by atoms with E-state index in [4.69, 9.17) is 0 Å². The van der Waals surface area contributed by atoms with Crippen LogP contribution in [0.3, 0.4) is 0 Å². The number of rotatable bonds is 1. The van der Waals surface area contributed by atoms with E-state index in [0.717, 1.165) is 17.5 Å². The molecule has 3 heterocycles. The molecule has 1 aliphatic rings. The van der Waals surface area contributed by atoms with E-state index in [1.165, 1.54) is 16.3 Å². The van der Waals surface area contributed by atoms with Crippen LogP contribution in [-0.4, -0.2) is 9.67 Å². The number of aromatic nitrogens is 1. The first-order valence-corrected chi connectivity index (χ1v) is 6.78. The largest absolute Gasteiger partial charge is 0.507 e. The number of hydrogen-bond donors (Lipinski definition) is 1. The van der Waals surface area contributed by atoms with Crippen LogP contribution in [0, 0.1) is 0 Å². The van der Waals surface area contributed by atoms with Crippen molar-refractivity contribution < 1.29 is 5.11 Å². The molecule has 0 unspecified atom stereocenters. The van der Waals surface area contributed by atoms with Gasteiger partial charge in [-0.1, -0.05) is 18.2 Å². The average molecular weight is 253 g/mol. The second-order valence-corrected chi connectivity index (χ2v) is 5.45. The molecular weight excluding hydrogens is 242 g/mol. The van der Waals surface area contributed by atoms with Gasteiger partial charge in [0.25, 0.3) is 0 Å². The minimum Gasteiger partial charge on any atom is -0.507 e. The zero-order valence-corrected chi connectivity index (χ0v) is 10.4. The first-order chi connectivity index (χ1) is 8.84. The summed E-state index contributed by atoms with van der Waals surface area (Å²) in [6.07, 6.45) is 3.10. The molecule has 2 aromatic heterocycles. The summed E-state index contributed by atoms with van der Waals surface area (Å²) >= 11 is 1.77. The van der Waals surface area contributed by atoms with Crippen molar-refractivity contribution in [2.75, 3.05) is 0 Å². The highest BCUT2D eigenvalue weighted by Crippen LogP contribution is 2.43. The van der Waals surface area contributed by atoms with Gasteiger partial charge in [-0.05, 0) is 18.2 Å². The molecule has 3 heteroatoms. The third-order valence-corrected chi connectivity index (χ3v) is 4.42. The molecule has 88 valence electrons. The molecule has 1 N–H and O–H groups in total. The summed E-state index contributed by atoms with van der Waals surface area (Å²) < 4.78 is 2.23. The van der Waals surface area contributed by atoms with Gasteiger partial charge in [-0.3, -0.25) is 0 Å². The number of fused-ring (bicyclic) bond motifs is 3. The monoisotopic (exact) mass is 253 g/mol. The molecule has 3 aromatic rings. The van der Waals surface area contributed by atoms with Gasteiger partial charge in [0.15, 0.2) is 0 Å². The third kappa shape index (κ3) is 1.22. The van der Waals surface area contributed by atoms with E-state index in [1.807, 2.05) is 18.2 Å². The predicted octanol–water partition coefficient (Wildman–Crippen LogP) is 3.82. The van der Waals surface area contributed by atoms with Crippen LogP contribution in [0.1, 0.15) is 10.6 Å². The van der Waals surface area contributed by atoms with Crippen LogP contribution in [-0.2, 0) is 6.42 Å². The fourth-order valence-corrected chi connectivity index (χ4v) is 3.67. The zero-order valence-electron chi connectivity index (χ0n) is 9.63. The quantitative estimate of drug-likeness (QED) is 0.548. The van der Waals surface area contributed by atoms with Gasteiger partial charge in [-0.25, -0.2) is 0 Å². The number of nitrogens with zero attached hydrogens (tertiary/aromatic N) is 1. The Balaban J connectivity index is 1.99. The van der Waals surface area contributed by atoms with Crippen molar-refractivity contribution in [3.63, 3.8) is 0 Å². The van der Waals surface area contributed by atoms with Crippen molar-refractivity contribution in [3.8, 4) is 22.6 Å². The van der Waals surface area contributed by atoms with Gasteiger partial charge in [-0.2, -0.15) is 0 Å². The fourth-order valence-electron chi connectivity index (χ4n) is 2.62. The Morgan fingerprint density at radius 2 is 1.94 bits per heavy atom. The molecule has 0 aliphatic carbocycles. The highest BCUT2D eigenvalue weighted by molar-refractivity contribution is 7.11. The number of hydrogen-bond acceptors (Lipinski definition) is 2. The second kappa shape index (κ2) is 3.50. The van der Waals surface area contributed by atoms with Gasteiger partial charge in [0.05, 0.1) is 5.69 Å². The van der Waals surface area contributed by atoms with E-state index in [0.29, 0.717) is 5.75 Å². The van der Waals surface area contributed by atoms with Crippen LogP contribution in [0.25, 0.3) is 16.8 Å². The SMILES string of the molecule is Oc1ccccc1-c1csc2c1-n1cccc1C2. The highest BCUT2D eigenvalue weighted by Gasteiger charge is 2.24. The molecule has 0 atom stereocenters. The van der Waals surface area contributed by atoms with Crippen LogP contribution in [0.4, 0.5) is 0 Å². The molecular formula is C15H11NOS. The number of aromatic hydroxyl groups is 1. The van der Waals surface area contributed by atoms with Crippen molar-refractivity contribution >= 4 is 11.3 Å². The lowest BCUT2D eigenvalue weighted by Crippen LogP contribution is -1.90. The van der Waals surface area contributed by atoms with Crippen molar-refractivity contribution in [1.82, 2.24) is 4.57 Å². The van der Waals surface area contributed by atoms with Gasteiger partial charge in [0.1, 0.15) is 5.75 Å². The Labute approximate surface area is 109 Å². The van der Waals surface area contributed by atoms with Crippen molar-refractivity contribution in [2.45, 2.75) is 6.42 Å². The fraction of sp³-hybridized carbons (Fsp3) is 0.0667. The average Bonchev–Trinajstić information content (AvgIpc) is 3.00. The maximum absolute atomic E-state index is 10.0. The third-order valence-electron chi connectivity index (χ3n) is 3.45. The van der Waals surface area contributed by atoms with E-state index in [2.05, 4.69) is 28.3 Å². The van der Waals surface area contributed by atoms with Crippen LogP contribution >= 0.6 is 11.3 Å². The standard InChI is InChI=1S/C15H11NOS/c17-13-6-2-1-5-11(13)12-9-18-14-8-10-4-3-7-16(10)15(12)14/h1-7,9,17H,8H2. The molecule has 2 nitrogen and oxygen atoms in total. The molecule has 0 bridgehead atoms. The number of phenols is 1. The van der Waals surface area contributed by atoms with E-state index in [1.54, 1.807) is 17.4 Å². The molecule has 0 saturated heterocycles. The minimum atomic E-state index is 0.346. The Morgan fingerprint density at radius 1 is 1.06 bits per heavy atom. The van der Waals surface area contributed by atoms with Crippen LogP contribution in [0.2, 0.25) is 0 Å². The molecule has 1 aliphatic heterocycles. The molecule has 0 spiro atoms. The van der Waals surface area contributed by atoms with Crippen LogP contribution in [0.15, 0.2) is 48.0 Å². The first kappa shape index (κ1) is 9.97. The summed E-state index contributed by atoms with van der Waals surface area (Å²) in [5.41, 5.74) is 4.61. The topological polar surface area (TPSA) is 25.2 Å². The maximum atomic E-state index is 10.0. The summed E-state index contributed by atoms with van der Waals surface area (Å²) in [5.74, 6) is 0.346.